The van der Waals surface area contributed by atoms with Gasteiger partial charge >= 0.3 is 0 Å². The molecule has 0 radical (unpaired) electrons. The number of carbonyl (C=O) groups is 3. The van der Waals surface area contributed by atoms with Crippen LogP contribution in [0.3, 0.4) is 0 Å². The normalized spacial score (nSPS) is 27.9. The van der Waals surface area contributed by atoms with Crippen LogP contribution in [-0.4, -0.2) is 56.3 Å². The van der Waals surface area contributed by atoms with Crippen LogP contribution in [0.15, 0.2) is 0 Å². The maximum absolute atomic E-state index is 11.6. The fourth-order valence-corrected chi connectivity index (χ4v) is 3.96. The number of carbonyl (C=O) groups excluding carboxylic acids is 3. The summed E-state index contributed by atoms with van der Waals surface area (Å²) >= 11 is 0. The molecule has 9 heteroatoms. The second-order valence-electron chi connectivity index (χ2n) is 5.04. The van der Waals surface area contributed by atoms with Crippen molar-refractivity contribution in [2.75, 3.05) is 18.1 Å². The molecule has 0 aromatic heterocycles. The zero-order chi connectivity index (χ0) is 14.8. The topological polar surface area (TPSA) is 121 Å². The molecule has 2 atom stereocenters. The first kappa shape index (κ1) is 14.8. The Balaban J connectivity index is 1.70. The Hall–Kier alpha value is -1.64. The monoisotopic (exact) mass is 303 g/mol. The van der Waals surface area contributed by atoms with Crippen LogP contribution in [0, 0.1) is 0 Å². The Morgan fingerprint density at radius 2 is 2.05 bits per heavy atom. The molecule has 0 aromatic rings. The van der Waals surface area contributed by atoms with E-state index in [0.29, 0.717) is 19.3 Å². The molecular formula is C11H17N3O5S. The van der Waals surface area contributed by atoms with E-state index < -0.39 is 27.7 Å². The van der Waals surface area contributed by atoms with Gasteiger partial charge in [-0.1, -0.05) is 0 Å². The van der Waals surface area contributed by atoms with Gasteiger partial charge in [0.05, 0.1) is 18.1 Å². The van der Waals surface area contributed by atoms with Gasteiger partial charge in [-0.15, -0.1) is 0 Å². The summed E-state index contributed by atoms with van der Waals surface area (Å²) in [6.45, 7) is -0.220. The molecule has 0 saturated carbocycles. The molecule has 2 fully saturated rings. The molecule has 3 amide bonds. The van der Waals surface area contributed by atoms with Crippen molar-refractivity contribution in [3.8, 4) is 0 Å². The van der Waals surface area contributed by atoms with E-state index in [1.54, 1.807) is 0 Å². The molecular weight excluding hydrogens is 286 g/mol. The van der Waals surface area contributed by atoms with Crippen molar-refractivity contribution in [2.24, 2.45) is 0 Å². The minimum Gasteiger partial charge on any atom is -0.351 e. The van der Waals surface area contributed by atoms with Gasteiger partial charge in [-0.3, -0.25) is 14.4 Å². The third-order valence-corrected chi connectivity index (χ3v) is 5.10. The second kappa shape index (κ2) is 5.78. The van der Waals surface area contributed by atoms with Gasteiger partial charge in [0.15, 0.2) is 9.84 Å². The zero-order valence-electron chi connectivity index (χ0n) is 10.8. The average molecular weight is 303 g/mol. The van der Waals surface area contributed by atoms with E-state index in [1.807, 2.05) is 0 Å². The van der Waals surface area contributed by atoms with Crippen molar-refractivity contribution in [3.63, 3.8) is 0 Å². The number of nitrogens with one attached hydrogen (secondary N) is 3. The quantitative estimate of drug-likeness (QED) is 0.538. The van der Waals surface area contributed by atoms with Crippen LogP contribution < -0.4 is 16.0 Å². The molecule has 112 valence electrons. The fraction of sp³-hybridized carbons (Fsp3) is 0.727. The third kappa shape index (κ3) is 3.92. The van der Waals surface area contributed by atoms with Gasteiger partial charge in [0.1, 0.15) is 6.04 Å². The highest BCUT2D eigenvalue weighted by molar-refractivity contribution is 7.91. The van der Waals surface area contributed by atoms with E-state index >= 15 is 0 Å². The first-order valence-corrected chi connectivity index (χ1v) is 8.25. The maximum Gasteiger partial charge on any atom is 0.243 e. The minimum atomic E-state index is -3.04. The molecule has 0 spiro atoms. The van der Waals surface area contributed by atoms with E-state index in [2.05, 4.69) is 16.0 Å². The molecule has 2 aliphatic heterocycles. The Labute approximate surface area is 116 Å². The largest absolute Gasteiger partial charge is 0.351 e. The fourth-order valence-electron chi connectivity index (χ4n) is 2.29. The van der Waals surface area contributed by atoms with Crippen molar-refractivity contribution in [1.82, 2.24) is 16.0 Å². The van der Waals surface area contributed by atoms with Gasteiger partial charge in [-0.25, -0.2) is 8.42 Å². The van der Waals surface area contributed by atoms with E-state index in [9.17, 15) is 22.8 Å². The predicted molar refractivity (Wildman–Crippen MR) is 69.4 cm³/mol. The van der Waals surface area contributed by atoms with E-state index in [1.165, 1.54) is 0 Å². The summed E-state index contributed by atoms with van der Waals surface area (Å²) in [6, 6.07) is -0.960. The van der Waals surface area contributed by atoms with Crippen molar-refractivity contribution >= 4 is 27.6 Å². The van der Waals surface area contributed by atoms with Crippen molar-refractivity contribution in [3.05, 3.63) is 0 Å². The summed E-state index contributed by atoms with van der Waals surface area (Å²) in [5, 5.41) is 7.49. The Bertz CT molecular complexity index is 530. The number of sulfone groups is 1. The van der Waals surface area contributed by atoms with Crippen LogP contribution in [0.1, 0.15) is 19.3 Å². The molecule has 2 unspecified atom stereocenters. The number of rotatable bonds is 4. The van der Waals surface area contributed by atoms with Crippen LogP contribution in [0.2, 0.25) is 0 Å². The molecule has 8 nitrogen and oxygen atoms in total. The highest BCUT2D eigenvalue weighted by atomic mass is 32.2. The molecule has 2 saturated heterocycles. The third-order valence-electron chi connectivity index (χ3n) is 3.33. The number of hydrogen-bond donors (Lipinski definition) is 3. The molecule has 0 aliphatic carbocycles. The van der Waals surface area contributed by atoms with Crippen molar-refractivity contribution < 1.29 is 22.8 Å². The summed E-state index contributed by atoms with van der Waals surface area (Å²) in [4.78, 5) is 34.2. The Morgan fingerprint density at radius 3 is 2.60 bits per heavy atom. The van der Waals surface area contributed by atoms with Crippen molar-refractivity contribution in [2.45, 2.75) is 31.3 Å². The molecule has 2 rings (SSSR count). The lowest BCUT2D eigenvalue weighted by atomic mass is 10.2. The molecule has 0 aromatic carbocycles. The second-order valence-corrected chi connectivity index (χ2v) is 7.27. The molecule has 0 bridgehead atoms. The summed E-state index contributed by atoms with van der Waals surface area (Å²) in [5.41, 5.74) is 0. The Kier molecular flexibility index (Phi) is 4.26. The predicted octanol–water partition coefficient (Wildman–Crippen LogP) is -2.32. The van der Waals surface area contributed by atoms with Crippen LogP contribution in [0.25, 0.3) is 0 Å². The summed E-state index contributed by atoms with van der Waals surface area (Å²) < 4.78 is 22.5. The van der Waals surface area contributed by atoms with Gasteiger partial charge in [0.25, 0.3) is 0 Å². The van der Waals surface area contributed by atoms with Gasteiger partial charge in [0, 0.05) is 12.5 Å². The van der Waals surface area contributed by atoms with Gasteiger partial charge < -0.3 is 16.0 Å². The molecule has 2 heterocycles. The summed E-state index contributed by atoms with van der Waals surface area (Å²) in [5.74, 6) is -0.968. The minimum absolute atomic E-state index is 0.0502. The van der Waals surface area contributed by atoms with Crippen LogP contribution in [-0.2, 0) is 24.2 Å². The first-order chi connectivity index (χ1) is 9.35. The lowest BCUT2D eigenvalue weighted by molar-refractivity contribution is -0.128. The molecule has 20 heavy (non-hydrogen) atoms. The van der Waals surface area contributed by atoms with E-state index in [0.717, 1.165) is 0 Å². The Morgan fingerprint density at radius 1 is 1.30 bits per heavy atom. The van der Waals surface area contributed by atoms with Crippen LogP contribution >= 0.6 is 0 Å². The van der Waals surface area contributed by atoms with Crippen LogP contribution in [0.5, 0.6) is 0 Å². The highest BCUT2D eigenvalue weighted by Gasteiger charge is 2.30. The lowest BCUT2D eigenvalue weighted by Crippen LogP contribution is -2.47. The lowest BCUT2D eigenvalue weighted by Gasteiger charge is -2.13. The SMILES string of the molecule is O=C(CNC(=O)C1CCC(=O)N1)NC1CCS(=O)(=O)C1. The number of amides is 3. The first-order valence-electron chi connectivity index (χ1n) is 6.42. The number of hydrogen-bond acceptors (Lipinski definition) is 5. The van der Waals surface area contributed by atoms with Crippen molar-refractivity contribution in [1.29, 1.82) is 0 Å². The molecule has 3 N–H and O–H groups in total. The highest BCUT2D eigenvalue weighted by Crippen LogP contribution is 2.11. The molecule has 2 aliphatic rings. The average Bonchev–Trinajstić information content (AvgIpc) is 2.92. The summed E-state index contributed by atoms with van der Waals surface area (Å²) in [6.07, 6.45) is 1.14. The standard InChI is InChI=1S/C11H17N3O5S/c15-9-2-1-8(14-9)11(17)12-5-10(16)13-7-3-4-20(18,19)6-7/h7-8H,1-6H2,(H,12,17)(H,13,16)(H,14,15). The van der Waals surface area contributed by atoms with Gasteiger partial charge in [-0.2, -0.15) is 0 Å². The van der Waals surface area contributed by atoms with Crippen LogP contribution in [0.4, 0.5) is 0 Å². The van der Waals surface area contributed by atoms with Gasteiger partial charge in [-0.05, 0) is 12.8 Å². The summed E-state index contributed by atoms with van der Waals surface area (Å²) in [7, 11) is -3.04. The van der Waals surface area contributed by atoms with E-state index in [-0.39, 0.29) is 30.0 Å². The van der Waals surface area contributed by atoms with Gasteiger partial charge in [0.2, 0.25) is 17.7 Å². The smallest absolute Gasteiger partial charge is 0.243 e. The zero-order valence-corrected chi connectivity index (χ0v) is 11.7. The van der Waals surface area contributed by atoms with E-state index in [4.69, 9.17) is 0 Å². The maximum atomic E-state index is 11.6.